The minimum atomic E-state index is -0.0827. The SMILES string of the molecule is Cc1[nH]ncc1CCCNC(=O)C(CN)C(C)C. The summed E-state index contributed by atoms with van der Waals surface area (Å²) < 4.78 is 0. The predicted octanol–water partition coefficient (Wildman–Crippen LogP) is 0.998. The van der Waals surface area contributed by atoms with Crippen molar-refractivity contribution in [3.05, 3.63) is 17.5 Å². The Labute approximate surface area is 109 Å². The maximum Gasteiger partial charge on any atom is 0.224 e. The molecule has 0 aromatic carbocycles. The summed E-state index contributed by atoms with van der Waals surface area (Å²) in [5.41, 5.74) is 7.91. The van der Waals surface area contributed by atoms with Crippen LogP contribution in [-0.2, 0) is 11.2 Å². The van der Waals surface area contributed by atoms with E-state index in [1.807, 2.05) is 27.0 Å². The molecule has 0 aliphatic carbocycles. The summed E-state index contributed by atoms with van der Waals surface area (Å²) in [6.45, 7) is 7.14. The van der Waals surface area contributed by atoms with Gasteiger partial charge in [0.05, 0.1) is 12.1 Å². The highest BCUT2D eigenvalue weighted by Gasteiger charge is 2.19. The molecule has 0 aliphatic heterocycles. The molecule has 0 bridgehead atoms. The Morgan fingerprint density at radius 1 is 1.56 bits per heavy atom. The van der Waals surface area contributed by atoms with Crippen molar-refractivity contribution in [2.24, 2.45) is 17.6 Å². The van der Waals surface area contributed by atoms with Gasteiger partial charge in [-0.1, -0.05) is 13.8 Å². The van der Waals surface area contributed by atoms with E-state index >= 15 is 0 Å². The summed E-state index contributed by atoms with van der Waals surface area (Å²) in [7, 11) is 0. The van der Waals surface area contributed by atoms with Gasteiger partial charge in [0.25, 0.3) is 0 Å². The van der Waals surface area contributed by atoms with E-state index in [1.165, 1.54) is 5.56 Å². The first-order valence-electron chi connectivity index (χ1n) is 6.52. The molecule has 0 saturated heterocycles. The van der Waals surface area contributed by atoms with Gasteiger partial charge in [0.15, 0.2) is 0 Å². The summed E-state index contributed by atoms with van der Waals surface area (Å²) in [5, 5.41) is 9.83. The first-order valence-corrected chi connectivity index (χ1v) is 6.52. The highest BCUT2D eigenvalue weighted by Crippen LogP contribution is 2.09. The highest BCUT2D eigenvalue weighted by molar-refractivity contribution is 5.79. The standard InChI is InChI=1S/C13H24N4O/c1-9(2)12(7-14)13(18)15-6-4-5-11-8-16-17-10(11)3/h8-9,12H,4-7,14H2,1-3H3,(H,15,18)(H,16,17). The average molecular weight is 252 g/mol. The van der Waals surface area contributed by atoms with Gasteiger partial charge < -0.3 is 11.1 Å². The smallest absolute Gasteiger partial charge is 0.224 e. The number of hydrogen-bond acceptors (Lipinski definition) is 3. The number of hydrogen-bond donors (Lipinski definition) is 3. The molecule has 0 aliphatic rings. The summed E-state index contributed by atoms with van der Waals surface area (Å²) in [5.74, 6) is 0.267. The van der Waals surface area contributed by atoms with Gasteiger partial charge in [-0.2, -0.15) is 5.10 Å². The number of aromatic nitrogens is 2. The summed E-state index contributed by atoms with van der Waals surface area (Å²) >= 11 is 0. The average Bonchev–Trinajstić information content (AvgIpc) is 2.71. The van der Waals surface area contributed by atoms with Gasteiger partial charge in [0.1, 0.15) is 0 Å². The lowest BCUT2D eigenvalue weighted by molar-refractivity contribution is -0.125. The van der Waals surface area contributed by atoms with Gasteiger partial charge in [-0.25, -0.2) is 0 Å². The number of carbonyl (C=O) groups is 1. The third-order valence-electron chi connectivity index (χ3n) is 3.25. The van der Waals surface area contributed by atoms with Crippen LogP contribution in [0.5, 0.6) is 0 Å². The normalized spacial score (nSPS) is 12.7. The van der Waals surface area contributed by atoms with Gasteiger partial charge in [-0.05, 0) is 31.2 Å². The zero-order chi connectivity index (χ0) is 13.5. The third kappa shape index (κ3) is 4.14. The van der Waals surface area contributed by atoms with Crippen molar-refractivity contribution in [2.75, 3.05) is 13.1 Å². The molecule has 1 rings (SSSR count). The molecule has 0 spiro atoms. The molecule has 18 heavy (non-hydrogen) atoms. The molecule has 5 heteroatoms. The first kappa shape index (κ1) is 14.7. The zero-order valence-corrected chi connectivity index (χ0v) is 11.5. The molecule has 102 valence electrons. The number of nitrogens with two attached hydrogens (primary N) is 1. The lowest BCUT2D eigenvalue weighted by Gasteiger charge is -2.18. The van der Waals surface area contributed by atoms with E-state index < -0.39 is 0 Å². The second kappa shape index (κ2) is 7.16. The monoisotopic (exact) mass is 252 g/mol. The van der Waals surface area contributed by atoms with E-state index in [9.17, 15) is 4.79 Å². The van der Waals surface area contributed by atoms with Crippen LogP contribution < -0.4 is 11.1 Å². The number of aryl methyl sites for hydroxylation is 2. The number of nitrogens with zero attached hydrogens (tertiary/aromatic N) is 1. The molecular formula is C13H24N4O. The lowest BCUT2D eigenvalue weighted by atomic mass is 9.95. The molecule has 1 aromatic heterocycles. The second-order valence-corrected chi connectivity index (χ2v) is 5.00. The topological polar surface area (TPSA) is 83.8 Å². The summed E-state index contributed by atoms with van der Waals surface area (Å²) in [6, 6.07) is 0. The van der Waals surface area contributed by atoms with Gasteiger partial charge in [-0.3, -0.25) is 9.89 Å². The number of H-pyrrole nitrogens is 1. The summed E-state index contributed by atoms with van der Waals surface area (Å²) in [6.07, 6.45) is 3.69. The Morgan fingerprint density at radius 3 is 2.78 bits per heavy atom. The van der Waals surface area contributed by atoms with Crippen molar-refractivity contribution in [3.63, 3.8) is 0 Å². The minimum Gasteiger partial charge on any atom is -0.356 e. The van der Waals surface area contributed by atoms with Crippen molar-refractivity contribution in [2.45, 2.75) is 33.6 Å². The minimum absolute atomic E-state index is 0.0661. The number of amides is 1. The molecule has 1 atom stereocenters. The van der Waals surface area contributed by atoms with Crippen molar-refractivity contribution in [1.29, 1.82) is 0 Å². The number of aromatic amines is 1. The van der Waals surface area contributed by atoms with E-state index in [1.54, 1.807) is 0 Å². The van der Waals surface area contributed by atoms with Gasteiger partial charge >= 0.3 is 0 Å². The van der Waals surface area contributed by atoms with Crippen LogP contribution in [0.2, 0.25) is 0 Å². The molecule has 0 radical (unpaired) electrons. The van der Waals surface area contributed by atoms with E-state index in [0.29, 0.717) is 13.1 Å². The van der Waals surface area contributed by atoms with Crippen LogP contribution in [-0.4, -0.2) is 29.2 Å². The van der Waals surface area contributed by atoms with Crippen molar-refractivity contribution >= 4 is 5.91 Å². The Hall–Kier alpha value is -1.36. The fraction of sp³-hybridized carbons (Fsp3) is 0.692. The van der Waals surface area contributed by atoms with E-state index in [0.717, 1.165) is 18.5 Å². The van der Waals surface area contributed by atoms with Crippen LogP contribution in [0, 0.1) is 18.8 Å². The molecule has 4 N–H and O–H groups in total. The van der Waals surface area contributed by atoms with Crippen molar-refractivity contribution in [3.8, 4) is 0 Å². The van der Waals surface area contributed by atoms with Crippen LogP contribution in [0.15, 0.2) is 6.20 Å². The molecule has 1 heterocycles. The lowest BCUT2D eigenvalue weighted by Crippen LogP contribution is -2.38. The first-order chi connectivity index (χ1) is 8.56. The highest BCUT2D eigenvalue weighted by atomic mass is 16.1. The van der Waals surface area contributed by atoms with Gasteiger partial charge in [-0.15, -0.1) is 0 Å². The third-order valence-corrected chi connectivity index (χ3v) is 3.25. The molecule has 0 fully saturated rings. The quantitative estimate of drug-likeness (QED) is 0.633. The molecule has 1 unspecified atom stereocenters. The van der Waals surface area contributed by atoms with Crippen LogP contribution in [0.25, 0.3) is 0 Å². The van der Waals surface area contributed by atoms with E-state index in [2.05, 4.69) is 15.5 Å². The van der Waals surface area contributed by atoms with Crippen LogP contribution in [0.4, 0.5) is 0 Å². The van der Waals surface area contributed by atoms with E-state index in [-0.39, 0.29) is 17.7 Å². The Kier molecular flexibility index (Phi) is 5.85. The molecular weight excluding hydrogens is 228 g/mol. The zero-order valence-electron chi connectivity index (χ0n) is 11.5. The maximum absolute atomic E-state index is 11.8. The number of nitrogens with one attached hydrogen (secondary N) is 2. The Morgan fingerprint density at radius 2 is 2.28 bits per heavy atom. The largest absolute Gasteiger partial charge is 0.356 e. The molecule has 5 nitrogen and oxygen atoms in total. The van der Waals surface area contributed by atoms with Gasteiger partial charge in [0.2, 0.25) is 5.91 Å². The Bertz CT molecular complexity index is 373. The molecule has 0 saturated carbocycles. The van der Waals surface area contributed by atoms with Crippen molar-refractivity contribution < 1.29 is 4.79 Å². The molecule has 1 aromatic rings. The number of carbonyl (C=O) groups excluding carboxylic acids is 1. The molecule has 1 amide bonds. The Balaban J connectivity index is 2.25. The van der Waals surface area contributed by atoms with Crippen molar-refractivity contribution in [1.82, 2.24) is 15.5 Å². The van der Waals surface area contributed by atoms with Crippen LogP contribution in [0.3, 0.4) is 0 Å². The number of rotatable bonds is 7. The predicted molar refractivity (Wildman–Crippen MR) is 72.0 cm³/mol. The maximum atomic E-state index is 11.8. The fourth-order valence-corrected chi connectivity index (χ4v) is 1.93. The van der Waals surface area contributed by atoms with Crippen LogP contribution in [0.1, 0.15) is 31.5 Å². The van der Waals surface area contributed by atoms with E-state index in [4.69, 9.17) is 5.73 Å². The summed E-state index contributed by atoms with van der Waals surface area (Å²) in [4.78, 5) is 11.8. The fourth-order valence-electron chi connectivity index (χ4n) is 1.93. The van der Waals surface area contributed by atoms with Gasteiger partial charge in [0, 0.05) is 18.8 Å². The second-order valence-electron chi connectivity index (χ2n) is 5.00. The van der Waals surface area contributed by atoms with Crippen LogP contribution >= 0.6 is 0 Å².